The molecule has 2 heterocycles. The number of carbonyl (C=O) groups excluding carboxylic acids is 1. The molecule has 1 aliphatic heterocycles. The van der Waals surface area contributed by atoms with Crippen LogP contribution in [-0.2, 0) is 0 Å². The summed E-state index contributed by atoms with van der Waals surface area (Å²) < 4.78 is 38.3. The highest BCUT2D eigenvalue weighted by Crippen LogP contribution is 2.34. The van der Waals surface area contributed by atoms with Gasteiger partial charge in [0.15, 0.2) is 0 Å². The van der Waals surface area contributed by atoms with Crippen LogP contribution >= 0.6 is 0 Å². The zero-order valence-corrected chi connectivity index (χ0v) is 10.2. The minimum absolute atomic E-state index is 0.110. The van der Waals surface area contributed by atoms with E-state index in [1.54, 1.807) is 0 Å². The molecule has 7 heteroatoms. The number of nitrogens with two attached hydrogens (primary N) is 1. The monoisotopic (exact) mass is 273 g/mol. The Morgan fingerprint density at radius 1 is 1.47 bits per heavy atom. The van der Waals surface area contributed by atoms with E-state index in [1.807, 2.05) is 0 Å². The quantitative estimate of drug-likeness (QED) is 0.896. The first-order valence-corrected chi connectivity index (χ1v) is 5.96. The van der Waals surface area contributed by atoms with E-state index in [1.165, 1.54) is 23.2 Å². The van der Waals surface area contributed by atoms with Crippen molar-refractivity contribution in [2.75, 3.05) is 18.0 Å². The molecule has 4 nitrogen and oxygen atoms in total. The Balaban J connectivity index is 2.25. The van der Waals surface area contributed by atoms with Gasteiger partial charge >= 0.3 is 6.18 Å². The van der Waals surface area contributed by atoms with Crippen molar-refractivity contribution in [2.24, 2.45) is 11.7 Å². The van der Waals surface area contributed by atoms with Gasteiger partial charge in [0.1, 0.15) is 5.82 Å². The SMILES string of the molecule is NC(=O)c1cccnc1N1CCC[C@H](C(F)(F)F)C1. The summed E-state index contributed by atoms with van der Waals surface area (Å²) in [6, 6.07) is 3.01. The van der Waals surface area contributed by atoms with Gasteiger partial charge in [-0.1, -0.05) is 0 Å². The van der Waals surface area contributed by atoms with Crippen LogP contribution in [0.25, 0.3) is 0 Å². The largest absolute Gasteiger partial charge is 0.393 e. The number of pyridine rings is 1. The van der Waals surface area contributed by atoms with Crippen molar-refractivity contribution in [2.45, 2.75) is 19.0 Å². The van der Waals surface area contributed by atoms with E-state index < -0.39 is 18.0 Å². The lowest BCUT2D eigenvalue weighted by Gasteiger charge is -2.35. The molecule has 1 amide bonds. The Kier molecular flexibility index (Phi) is 3.64. The number of anilines is 1. The van der Waals surface area contributed by atoms with Gasteiger partial charge in [0.25, 0.3) is 5.91 Å². The lowest BCUT2D eigenvalue weighted by Crippen LogP contribution is -2.42. The van der Waals surface area contributed by atoms with Crippen molar-refractivity contribution in [3.63, 3.8) is 0 Å². The third-order valence-corrected chi connectivity index (χ3v) is 3.24. The number of hydrogen-bond donors (Lipinski definition) is 1. The number of rotatable bonds is 2. The van der Waals surface area contributed by atoms with E-state index in [2.05, 4.69) is 4.98 Å². The summed E-state index contributed by atoms with van der Waals surface area (Å²) in [5, 5.41) is 0. The maximum atomic E-state index is 12.8. The molecule has 1 fully saturated rings. The van der Waals surface area contributed by atoms with Crippen LogP contribution in [0.2, 0.25) is 0 Å². The smallest absolute Gasteiger partial charge is 0.365 e. The zero-order chi connectivity index (χ0) is 14.0. The molecular weight excluding hydrogens is 259 g/mol. The molecule has 0 spiro atoms. The van der Waals surface area contributed by atoms with Crippen molar-refractivity contribution in [3.8, 4) is 0 Å². The Hall–Kier alpha value is -1.79. The van der Waals surface area contributed by atoms with Gasteiger partial charge in [-0.15, -0.1) is 0 Å². The van der Waals surface area contributed by atoms with Crippen molar-refractivity contribution in [1.82, 2.24) is 4.98 Å². The van der Waals surface area contributed by atoms with Crippen LogP contribution in [0.1, 0.15) is 23.2 Å². The number of hydrogen-bond acceptors (Lipinski definition) is 3. The molecule has 2 rings (SSSR count). The molecule has 104 valence electrons. The first-order chi connectivity index (χ1) is 8.89. The van der Waals surface area contributed by atoms with E-state index in [9.17, 15) is 18.0 Å². The summed E-state index contributed by atoms with van der Waals surface area (Å²) in [5.74, 6) is -1.83. The van der Waals surface area contributed by atoms with Crippen LogP contribution in [0.4, 0.5) is 19.0 Å². The van der Waals surface area contributed by atoms with E-state index in [0.29, 0.717) is 13.0 Å². The van der Waals surface area contributed by atoms with E-state index in [0.717, 1.165) is 0 Å². The average Bonchev–Trinajstić information content (AvgIpc) is 2.38. The first-order valence-electron chi connectivity index (χ1n) is 5.96. The maximum absolute atomic E-state index is 12.8. The van der Waals surface area contributed by atoms with Crippen LogP contribution in [0, 0.1) is 5.92 Å². The third kappa shape index (κ3) is 2.97. The standard InChI is InChI=1S/C12H14F3N3O/c13-12(14,15)8-3-2-6-18(7-8)11-9(10(16)19)4-1-5-17-11/h1,4-5,8H,2-3,6-7H2,(H2,16,19)/t8-/m0/s1. The highest BCUT2D eigenvalue weighted by Gasteiger charge is 2.42. The molecule has 0 unspecified atom stereocenters. The summed E-state index contributed by atoms with van der Waals surface area (Å²) in [5.41, 5.74) is 5.37. The summed E-state index contributed by atoms with van der Waals surface area (Å²) in [6.07, 6.45) is -2.25. The number of aromatic nitrogens is 1. The molecule has 0 radical (unpaired) electrons. The topological polar surface area (TPSA) is 59.2 Å². The van der Waals surface area contributed by atoms with E-state index in [-0.39, 0.29) is 24.3 Å². The predicted molar refractivity (Wildman–Crippen MR) is 63.7 cm³/mol. The minimum atomic E-state index is -4.22. The minimum Gasteiger partial charge on any atom is -0.365 e. The number of alkyl halides is 3. The lowest BCUT2D eigenvalue weighted by atomic mass is 9.97. The molecule has 2 N–H and O–H groups in total. The number of piperidine rings is 1. The molecule has 0 bridgehead atoms. The van der Waals surface area contributed by atoms with Gasteiger partial charge in [-0.2, -0.15) is 13.2 Å². The fraction of sp³-hybridized carbons (Fsp3) is 0.500. The highest BCUT2D eigenvalue weighted by atomic mass is 19.4. The Bertz CT molecular complexity index is 476. The van der Waals surface area contributed by atoms with Crippen molar-refractivity contribution < 1.29 is 18.0 Å². The van der Waals surface area contributed by atoms with Gasteiger partial charge in [-0.25, -0.2) is 4.98 Å². The summed E-state index contributed by atoms with van der Waals surface area (Å²) in [4.78, 5) is 16.8. The molecular formula is C12H14F3N3O. The van der Waals surface area contributed by atoms with Gasteiger partial charge in [0, 0.05) is 19.3 Å². The van der Waals surface area contributed by atoms with Crippen LogP contribution in [0.15, 0.2) is 18.3 Å². The second-order valence-electron chi connectivity index (χ2n) is 4.57. The first kappa shape index (κ1) is 13.6. The van der Waals surface area contributed by atoms with Gasteiger partial charge in [0.2, 0.25) is 0 Å². The Morgan fingerprint density at radius 2 is 2.21 bits per heavy atom. The predicted octanol–water partition coefficient (Wildman–Crippen LogP) is 1.96. The normalized spacial score (nSPS) is 20.4. The second kappa shape index (κ2) is 5.07. The van der Waals surface area contributed by atoms with Crippen LogP contribution in [0.3, 0.4) is 0 Å². The van der Waals surface area contributed by atoms with Gasteiger partial charge in [-0.05, 0) is 25.0 Å². The molecule has 1 atom stereocenters. The molecule has 1 aliphatic rings. The fourth-order valence-corrected chi connectivity index (χ4v) is 2.28. The van der Waals surface area contributed by atoms with Gasteiger partial charge in [0.05, 0.1) is 11.5 Å². The molecule has 0 saturated carbocycles. The fourth-order valence-electron chi connectivity index (χ4n) is 2.28. The van der Waals surface area contributed by atoms with E-state index >= 15 is 0 Å². The zero-order valence-electron chi connectivity index (χ0n) is 10.2. The average molecular weight is 273 g/mol. The van der Waals surface area contributed by atoms with Crippen LogP contribution in [0.5, 0.6) is 0 Å². The van der Waals surface area contributed by atoms with Crippen LogP contribution in [-0.4, -0.2) is 30.2 Å². The second-order valence-corrected chi connectivity index (χ2v) is 4.57. The van der Waals surface area contributed by atoms with Crippen molar-refractivity contribution in [1.29, 1.82) is 0 Å². The number of primary amides is 1. The molecule has 0 aromatic carbocycles. The van der Waals surface area contributed by atoms with Gasteiger partial charge < -0.3 is 10.6 Å². The summed E-state index contributed by atoms with van der Waals surface area (Å²) in [7, 11) is 0. The summed E-state index contributed by atoms with van der Waals surface area (Å²) in [6.45, 7) is 0.269. The molecule has 1 aromatic rings. The number of amides is 1. The molecule has 1 saturated heterocycles. The lowest BCUT2D eigenvalue weighted by molar-refractivity contribution is -0.176. The Morgan fingerprint density at radius 3 is 2.84 bits per heavy atom. The van der Waals surface area contributed by atoms with E-state index in [4.69, 9.17) is 5.73 Å². The third-order valence-electron chi connectivity index (χ3n) is 3.24. The molecule has 1 aromatic heterocycles. The highest BCUT2D eigenvalue weighted by molar-refractivity contribution is 5.97. The number of halogens is 3. The maximum Gasteiger partial charge on any atom is 0.393 e. The van der Waals surface area contributed by atoms with Crippen molar-refractivity contribution in [3.05, 3.63) is 23.9 Å². The van der Waals surface area contributed by atoms with Crippen LogP contribution < -0.4 is 10.6 Å². The Labute approximate surface area is 108 Å². The van der Waals surface area contributed by atoms with Gasteiger partial charge in [-0.3, -0.25) is 4.79 Å². The summed E-state index contributed by atoms with van der Waals surface area (Å²) >= 11 is 0. The molecule has 19 heavy (non-hydrogen) atoms. The number of nitrogens with zero attached hydrogens (tertiary/aromatic N) is 2. The van der Waals surface area contributed by atoms with Crippen molar-refractivity contribution >= 4 is 11.7 Å². The number of carbonyl (C=O) groups is 1. The molecule has 0 aliphatic carbocycles.